The third-order valence-electron chi connectivity index (χ3n) is 1.86. The number of carboxylic acids is 2. The zero-order valence-electron chi connectivity index (χ0n) is 7.94. The Morgan fingerprint density at radius 1 is 1.20 bits per heavy atom. The average molecular weight is 421 g/mol. The van der Waals surface area contributed by atoms with E-state index >= 15 is 0 Å². The van der Waals surface area contributed by atoms with E-state index < -0.39 is 17.5 Å². The number of aromatic carboxylic acids is 2. The summed E-state index contributed by atoms with van der Waals surface area (Å²) in [5, 5.41) is 17.4. The van der Waals surface area contributed by atoms with Crippen molar-refractivity contribution < 1.29 is 63.9 Å². The van der Waals surface area contributed by atoms with Crippen LogP contribution in [0.2, 0.25) is 0 Å². The Bertz CT molecular complexity index is 417. The largest absolute Gasteiger partial charge is 0.698 e. The van der Waals surface area contributed by atoms with Gasteiger partial charge in [-0.25, -0.2) is 9.59 Å². The molecule has 77 valence electrons. The van der Waals surface area contributed by atoms with E-state index in [0.717, 1.165) is 0 Å². The van der Waals surface area contributed by atoms with E-state index in [0.29, 0.717) is 5.56 Å². The number of carbonyl (C=O) groups is 2. The fraction of sp³-hybridized carbons (Fsp3) is 0.111. The molecule has 0 saturated heterocycles. The Labute approximate surface area is 122 Å². The van der Waals surface area contributed by atoms with Crippen molar-refractivity contribution in [3.63, 3.8) is 0 Å². The molecule has 1 aromatic rings. The predicted octanol–water partition coefficient (Wildman–Crippen LogP) is 2.08. The first kappa shape index (κ1) is 14.4. The van der Waals surface area contributed by atoms with Gasteiger partial charge in [-0.2, -0.15) is 0 Å². The summed E-state index contributed by atoms with van der Waals surface area (Å²) < 4.78 is 0. The molecule has 1 radical (unpaired) electrons. The Morgan fingerprint density at radius 2 is 1.73 bits per heavy atom. The topological polar surface area (TPSA) is 98.4 Å². The van der Waals surface area contributed by atoms with Crippen molar-refractivity contribution in [1.29, 1.82) is 0 Å². The molecule has 0 unspecified atom stereocenters. The first-order valence-corrected chi connectivity index (χ1v) is 3.77. The van der Waals surface area contributed by atoms with Crippen molar-refractivity contribution in [2.75, 3.05) is 0 Å². The Morgan fingerprint density at radius 3 is 2.13 bits per heavy atom. The van der Waals surface area contributed by atoms with Gasteiger partial charge < -0.3 is 15.9 Å². The summed E-state index contributed by atoms with van der Waals surface area (Å²) in [5.74, 6) is -2.73. The molecule has 0 amide bonds. The monoisotopic (exact) mass is 421 g/mol. The summed E-state index contributed by atoms with van der Waals surface area (Å²) in [4.78, 5) is 21.4. The summed E-state index contributed by atoms with van der Waals surface area (Å²) >= 11 is 0. The average Bonchev–Trinajstić information content (AvgIpc) is 2.08. The minimum Gasteiger partial charge on any atom is -0.698 e. The first-order chi connectivity index (χ1) is 6.45. The van der Waals surface area contributed by atoms with E-state index in [1.807, 2.05) is 0 Å². The number of nitrogens with one attached hydrogen (secondary N) is 1. The summed E-state index contributed by atoms with van der Waals surface area (Å²) in [5.41, 5.74) is 6.79. The summed E-state index contributed by atoms with van der Waals surface area (Å²) in [7, 11) is 0. The molecule has 6 heteroatoms. The maximum absolute atomic E-state index is 10.7. The zero-order valence-corrected chi connectivity index (χ0v) is 12.7. The third kappa shape index (κ3) is 2.93. The molecule has 0 aromatic heterocycles. The van der Waals surface area contributed by atoms with Crippen LogP contribution in [0.25, 0.3) is 5.73 Å². The number of rotatable bonds is 2. The van der Waals surface area contributed by atoms with Crippen LogP contribution in [-0.4, -0.2) is 22.2 Å². The standard InChI is InChI=1S/C9H8NO4.Ac/c1-4-2-3-5(8(11)12)6(7(4)10)9(13)14;/h2-3,10H,1H3,(H,11,12)(H,13,14);/q-1;. The number of hydrogen-bond acceptors (Lipinski definition) is 2. The predicted molar refractivity (Wildman–Crippen MR) is 49.1 cm³/mol. The normalized spacial score (nSPS) is 9.13. The van der Waals surface area contributed by atoms with E-state index in [4.69, 9.17) is 15.9 Å². The third-order valence-corrected chi connectivity index (χ3v) is 1.86. The molecule has 0 saturated carbocycles. The van der Waals surface area contributed by atoms with E-state index in [2.05, 4.69) is 0 Å². The van der Waals surface area contributed by atoms with Crippen molar-refractivity contribution in [3.05, 3.63) is 34.6 Å². The number of hydrogen-bond donors (Lipinski definition) is 2. The van der Waals surface area contributed by atoms with Crippen molar-refractivity contribution in [2.24, 2.45) is 0 Å². The molecule has 0 aliphatic carbocycles. The molecule has 1 rings (SSSR count). The molecule has 0 fully saturated rings. The minimum absolute atomic E-state index is 0. The van der Waals surface area contributed by atoms with Gasteiger partial charge >= 0.3 is 11.9 Å². The van der Waals surface area contributed by atoms with Crippen LogP contribution < -0.4 is 0 Å². The molecule has 5 nitrogen and oxygen atoms in total. The van der Waals surface area contributed by atoms with Gasteiger partial charge in [0.15, 0.2) is 0 Å². The molecular formula is C9H8AcNO4-. The molecule has 0 heterocycles. The van der Waals surface area contributed by atoms with Crippen LogP contribution >= 0.6 is 0 Å². The van der Waals surface area contributed by atoms with Gasteiger partial charge in [-0.3, -0.25) is 0 Å². The van der Waals surface area contributed by atoms with Crippen molar-refractivity contribution >= 4 is 17.6 Å². The molecule has 15 heavy (non-hydrogen) atoms. The van der Waals surface area contributed by atoms with Gasteiger partial charge in [0.05, 0.1) is 11.1 Å². The molecule has 3 N–H and O–H groups in total. The summed E-state index contributed by atoms with van der Waals surface area (Å²) in [6.45, 7) is 1.56. The van der Waals surface area contributed by atoms with Gasteiger partial charge in [-0.15, -0.1) is 5.69 Å². The first-order valence-electron chi connectivity index (χ1n) is 3.77. The second kappa shape index (κ2) is 5.48. The number of benzene rings is 1. The van der Waals surface area contributed by atoms with Crippen LogP contribution in [0.4, 0.5) is 5.69 Å². The second-order valence-electron chi connectivity index (χ2n) is 2.79. The van der Waals surface area contributed by atoms with E-state index in [1.54, 1.807) is 6.92 Å². The van der Waals surface area contributed by atoms with Gasteiger partial charge in [0.1, 0.15) is 0 Å². The maximum Gasteiger partial charge on any atom is 0.336 e. The molecule has 0 atom stereocenters. The van der Waals surface area contributed by atoms with Crippen LogP contribution in [0.5, 0.6) is 0 Å². The number of carboxylic acid groups (broad SMARTS) is 2. The molecule has 0 aliphatic heterocycles. The maximum atomic E-state index is 10.7. The van der Waals surface area contributed by atoms with E-state index in [-0.39, 0.29) is 55.3 Å². The van der Waals surface area contributed by atoms with E-state index in [9.17, 15) is 9.59 Å². The fourth-order valence-corrected chi connectivity index (χ4v) is 1.11. The van der Waals surface area contributed by atoms with Crippen LogP contribution in [-0.2, 0) is 0 Å². The summed E-state index contributed by atoms with van der Waals surface area (Å²) in [6.07, 6.45) is 0. The fourth-order valence-electron chi connectivity index (χ4n) is 1.11. The molecule has 0 spiro atoms. The summed E-state index contributed by atoms with van der Waals surface area (Å²) in [6, 6.07) is 2.61. The van der Waals surface area contributed by atoms with Gasteiger partial charge in [0.25, 0.3) is 0 Å². The molecule has 0 bridgehead atoms. The van der Waals surface area contributed by atoms with Crippen molar-refractivity contribution in [3.8, 4) is 0 Å². The van der Waals surface area contributed by atoms with Gasteiger partial charge in [-0.1, -0.05) is 11.6 Å². The van der Waals surface area contributed by atoms with Crippen LogP contribution in [0.3, 0.4) is 0 Å². The smallest absolute Gasteiger partial charge is 0.336 e. The van der Waals surface area contributed by atoms with Crippen molar-refractivity contribution in [1.82, 2.24) is 0 Å². The van der Waals surface area contributed by atoms with Gasteiger partial charge in [0.2, 0.25) is 0 Å². The van der Waals surface area contributed by atoms with E-state index in [1.165, 1.54) is 12.1 Å². The molecule has 0 aliphatic rings. The molecular weight excluding hydrogens is 413 g/mol. The quantitative estimate of drug-likeness (QED) is 0.764. The zero-order chi connectivity index (χ0) is 10.9. The van der Waals surface area contributed by atoms with Crippen LogP contribution in [0, 0.1) is 51.0 Å². The number of aryl methyl sites for hydroxylation is 1. The van der Waals surface area contributed by atoms with Crippen LogP contribution in [0.15, 0.2) is 12.1 Å². The second-order valence-corrected chi connectivity index (χ2v) is 2.79. The van der Waals surface area contributed by atoms with Crippen molar-refractivity contribution in [2.45, 2.75) is 6.92 Å². The van der Waals surface area contributed by atoms with Gasteiger partial charge in [0, 0.05) is 44.1 Å². The molecule has 1 aromatic carbocycles. The minimum atomic E-state index is -1.39. The van der Waals surface area contributed by atoms with Crippen LogP contribution in [0.1, 0.15) is 26.3 Å². The SMILES string of the molecule is Cc1ccc(C(=O)O)c(C(=O)O)c1[NH-].[Ac]. The Kier molecular flexibility index (Phi) is 5.26. The Balaban J connectivity index is 0.00000196. The Hall–Kier alpha value is -0.598. The van der Waals surface area contributed by atoms with Gasteiger partial charge in [-0.05, 0) is 13.0 Å².